The number of carbonyl (C=O) groups excluding carboxylic acids is 1. The number of halogens is 1. The van der Waals surface area contributed by atoms with Crippen molar-refractivity contribution in [3.8, 4) is 0 Å². The molecule has 0 bridgehead atoms. The van der Waals surface area contributed by atoms with Crippen LogP contribution in [0.15, 0.2) is 24.3 Å². The molecule has 0 unspecified atom stereocenters. The number of rotatable bonds is 5. The van der Waals surface area contributed by atoms with E-state index in [1.54, 1.807) is 6.07 Å². The Balaban J connectivity index is 2.37. The minimum Gasteiger partial charge on any atom is -0.481 e. The third-order valence-corrected chi connectivity index (χ3v) is 3.16. The lowest BCUT2D eigenvalue weighted by Crippen LogP contribution is -2.15. The summed E-state index contributed by atoms with van der Waals surface area (Å²) in [6.07, 6.45) is 0. The highest BCUT2D eigenvalue weighted by Gasteiger charge is 2.04. The van der Waals surface area contributed by atoms with E-state index in [9.17, 15) is 9.59 Å². The molecule has 1 aromatic carbocycles. The Morgan fingerprint density at radius 2 is 2.12 bits per heavy atom. The summed E-state index contributed by atoms with van der Waals surface area (Å²) < 4.78 is 1.04. The smallest absolute Gasteiger partial charge is 0.313 e. The van der Waals surface area contributed by atoms with E-state index in [4.69, 9.17) is 5.11 Å². The van der Waals surface area contributed by atoms with Crippen LogP contribution in [-0.4, -0.2) is 28.5 Å². The highest BCUT2D eigenvalue weighted by molar-refractivity contribution is 14.1. The van der Waals surface area contributed by atoms with Gasteiger partial charge in [0.2, 0.25) is 5.91 Å². The van der Waals surface area contributed by atoms with Gasteiger partial charge in [0.25, 0.3) is 0 Å². The predicted molar refractivity (Wildman–Crippen MR) is 72.7 cm³/mol. The van der Waals surface area contributed by atoms with Gasteiger partial charge in [-0.25, -0.2) is 0 Å². The van der Waals surface area contributed by atoms with Crippen molar-refractivity contribution in [2.24, 2.45) is 0 Å². The van der Waals surface area contributed by atoms with Crippen LogP contribution in [0.1, 0.15) is 0 Å². The molecular formula is C10H10INO3S. The summed E-state index contributed by atoms with van der Waals surface area (Å²) in [5.74, 6) is -1.00. The van der Waals surface area contributed by atoms with Gasteiger partial charge in [0.15, 0.2) is 0 Å². The van der Waals surface area contributed by atoms with Crippen LogP contribution in [0.5, 0.6) is 0 Å². The molecular weight excluding hydrogens is 341 g/mol. The molecule has 2 N–H and O–H groups in total. The number of carboxylic acid groups (broad SMARTS) is 1. The van der Waals surface area contributed by atoms with Crippen LogP contribution in [0.3, 0.4) is 0 Å². The third kappa shape index (κ3) is 5.36. The Labute approximate surface area is 111 Å². The number of hydrogen-bond acceptors (Lipinski definition) is 3. The van der Waals surface area contributed by atoms with Crippen molar-refractivity contribution in [2.75, 3.05) is 16.8 Å². The summed E-state index contributed by atoms with van der Waals surface area (Å²) >= 11 is 3.23. The zero-order valence-electron chi connectivity index (χ0n) is 8.27. The van der Waals surface area contributed by atoms with Crippen molar-refractivity contribution in [3.05, 3.63) is 27.8 Å². The molecule has 0 aliphatic heterocycles. The maximum Gasteiger partial charge on any atom is 0.313 e. The van der Waals surface area contributed by atoms with Gasteiger partial charge in [0, 0.05) is 9.26 Å². The minimum absolute atomic E-state index is 0.0558. The van der Waals surface area contributed by atoms with Gasteiger partial charge in [-0.15, -0.1) is 11.8 Å². The highest BCUT2D eigenvalue weighted by atomic mass is 127. The molecule has 0 fully saturated rings. The Morgan fingerprint density at radius 3 is 2.75 bits per heavy atom. The van der Waals surface area contributed by atoms with Gasteiger partial charge in [-0.3, -0.25) is 9.59 Å². The van der Waals surface area contributed by atoms with E-state index < -0.39 is 5.97 Å². The van der Waals surface area contributed by atoms with Gasteiger partial charge < -0.3 is 10.4 Å². The maximum atomic E-state index is 11.4. The van der Waals surface area contributed by atoms with Crippen LogP contribution < -0.4 is 5.32 Å². The molecule has 4 nitrogen and oxygen atoms in total. The molecule has 0 aliphatic rings. The molecule has 0 saturated carbocycles. The second-order valence-electron chi connectivity index (χ2n) is 2.95. The average Bonchev–Trinajstić information content (AvgIpc) is 2.16. The van der Waals surface area contributed by atoms with Gasteiger partial charge in [-0.1, -0.05) is 6.07 Å². The van der Waals surface area contributed by atoms with E-state index in [1.807, 2.05) is 18.2 Å². The lowest BCUT2D eigenvalue weighted by atomic mass is 10.3. The zero-order chi connectivity index (χ0) is 12.0. The Bertz CT molecular complexity index is 397. The van der Waals surface area contributed by atoms with Gasteiger partial charge in [0.05, 0.1) is 11.5 Å². The normalized spacial score (nSPS) is 9.81. The van der Waals surface area contributed by atoms with E-state index in [1.165, 1.54) is 0 Å². The van der Waals surface area contributed by atoms with Gasteiger partial charge in [-0.2, -0.15) is 0 Å². The topological polar surface area (TPSA) is 66.4 Å². The largest absolute Gasteiger partial charge is 0.481 e. The van der Waals surface area contributed by atoms with Crippen LogP contribution in [-0.2, 0) is 9.59 Å². The van der Waals surface area contributed by atoms with Gasteiger partial charge in [-0.05, 0) is 40.8 Å². The molecule has 1 aromatic rings. The summed E-state index contributed by atoms with van der Waals surface area (Å²) in [7, 11) is 0. The molecule has 16 heavy (non-hydrogen) atoms. The van der Waals surface area contributed by atoms with Crippen molar-refractivity contribution in [1.29, 1.82) is 0 Å². The van der Waals surface area contributed by atoms with Gasteiger partial charge in [0.1, 0.15) is 0 Å². The summed E-state index contributed by atoms with van der Waals surface area (Å²) in [5.41, 5.74) is 0.729. The SMILES string of the molecule is O=C(O)CSCC(=O)Nc1cccc(I)c1. The molecule has 0 aromatic heterocycles. The van der Waals surface area contributed by atoms with E-state index in [0.29, 0.717) is 0 Å². The van der Waals surface area contributed by atoms with Crippen molar-refractivity contribution in [2.45, 2.75) is 0 Å². The van der Waals surface area contributed by atoms with Crippen molar-refractivity contribution in [1.82, 2.24) is 0 Å². The van der Waals surface area contributed by atoms with E-state index in [0.717, 1.165) is 21.0 Å². The van der Waals surface area contributed by atoms with E-state index in [-0.39, 0.29) is 17.4 Å². The number of hydrogen-bond donors (Lipinski definition) is 2. The monoisotopic (exact) mass is 351 g/mol. The first-order valence-corrected chi connectivity index (χ1v) is 6.66. The molecule has 0 aliphatic carbocycles. The number of thioether (sulfide) groups is 1. The number of carboxylic acids is 1. The number of carbonyl (C=O) groups is 2. The second-order valence-corrected chi connectivity index (χ2v) is 5.18. The fourth-order valence-corrected chi connectivity index (χ4v) is 2.07. The van der Waals surface area contributed by atoms with Crippen molar-refractivity contribution < 1.29 is 14.7 Å². The first-order chi connectivity index (χ1) is 7.58. The lowest BCUT2D eigenvalue weighted by Gasteiger charge is -2.04. The molecule has 86 valence electrons. The lowest BCUT2D eigenvalue weighted by molar-refractivity contribution is -0.133. The van der Waals surface area contributed by atoms with Crippen LogP contribution >= 0.6 is 34.4 Å². The third-order valence-electron chi connectivity index (χ3n) is 1.57. The fourth-order valence-electron chi connectivity index (χ4n) is 0.994. The number of nitrogens with one attached hydrogen (secondary N) is 1. The highest BCUT2D eigenvalue weighted by Crippen LogP contribution is 2.12. The minimum atomic E-state index is -0.910. The van der Waals surface area contributed by atoms with Crippen LogP contribution in [0.4, 0.5) is 5.69 Å². The number of aliphatic carboxylic acids is 1. The van der Waals surface area contributed by atoms with Crippen LogP contribution in [0.25, 0.3) is 0 Å². The molecule has 0 atom stereocenters. The van der Waals surface area contributed by atoms with Gasteiger partial charge >= 0.3 is 5.97 Å². The molecule has 0 heterocycles. The second kappa shape index (κ2) is 6.74. The van der Waals surface area contributed by atoms with Crippen LogP contribution in [0.2, 0.25) is 0 Å². The number of anilines is 1. The quantitative estimate of drug-likeness (QED) is 0.797. The molecule has 1 rings (SSSR count). The number of amides is 1. The maximum absolute atomic E-state index is 11.4. The zero-order valence-corrected chi connectivity index (χ0v) is 11.2. The Hall–Kier alpha value is -0.760. The summed E-state index contributed by atoms with van der Waals surface area (Å²) in [6, 6.07) is 7.42. The van der Waals surface area contributed by atoms with Crippen molar-refractivity contribution >= 4 is 51.9 Å². The molecule has 0 radical (unpaired) electrons. The standard InChI is InChI=1S/C10H10INO3S/c11-7-2-1-3-8(4-7)12-9(13)5-16-6-10(14)15/h1-4H,5-6H2,(H,12,13)(H,14,15). The predicted octanol–water partition coefficient (Wildman–Crippen LogP) is 2.05. The molecule has 6 heteroatoms. The summed E-state index contributed by atoms with van der Waals surface area (Å²) in [4.78, 5) is 21.6. The number of benzene rings is 1. The average molecular weight is 351 g/mol. The molecule has 0 saturated heterocycles. The summed E-state index contributed by atoms with van der Waals surface area (Å²) in [5, 5.41) is 11.1. The molecule has 0 spiro atoms. The van der Waals surface area contributed by atoms with E-state index in [2.05, 4.69) is 27.9 Å². The fraction of sp³-hybridized carbons (Fsp3) is 0.200. The van der Waals surface area contributed by atoms with E-state index >= 15 is 0 Å². The van der Waals surface area contributed by atoms with Crippen LogP contribution in [0, 0.1) is 3.57 Å². The Morgan fingerprint density at radius 1 is 1.38 bits per heavy atom. The molecule has 1 amide bonds. The summed E-state index contributed by atoms with van der Waals surface area (Å²) in [6.45, 7) is 0. The first-order valence-electron chi connectivity index (χ1n) is 4.43. The first kappa shape index (κ1) is 13.3. The van der Waals surface area contributed by atoms with Crippen molar-refractivity contribution in [3.63, 3.8) is 0 Å². The Kier molecular flexibility index (Phi) is 5.61.